The second-order valence-electron chi connectivity index (χ2n) is 13.1. The molecule has 1 aliphatic heterocycles. The topological polar surface area (TPSA) is 41.0 Å². The van der Waals surface area contributed by atoms with Crippen molar-refractivity contribution in [1.29, 1.82) is 0 Å². The molecule has 3 N–H and O–H groups in total. The van der Waals surface area contributed by atoms with E-state index in [0.29, 0.717) is 0 Å². The summed E-state index contributed by atoms with van der Waals surface area (Å²) in [5.41, 5.74) is 12.7. The first-order chi connectivity index (χ1) is 22.6. The van der Waals surface area contributed by atoms with Crippen LogP contribution in [0.15, 0.2) is 146 Å². The lowest BCUT2D eigenvalue weighted by molar-refractivity contribution is 0.161. The fraction of sp³-hybridized carbons (Fsp3) is 0.143. The van der Waals surface area contributed by atoms with Crippen molar-refractivity contribution < 1.29 is 0 Å². The average molecular weight is 597 g/mol. The maximum Gasteiger partial charge on any atom is 0.142 e. The predicted octanol–water partition coefficient (Wildman–Crippen LogP) is 9.40. The van der Waals surface area contributed by atoms with Crippen molar-refractivity contribution in [2.75, 3.05) is 0 Å². The van der Waals surface area contributed by atoms with Gasteiger partial charge in [-0.2, -0.15) is 0 Å². The third-order valence-electron chi connectivity index (χ3n) is 10.1. The molecule has 0 radical (unpaired) electrons. The molecule has 2 heterocycles. The zero-order chi connectivity index (χ0) is 30.8. The van der Waals surface area contributed by atoms with E-state index in [1.807, 2.05) is 0 Å². The fourth-order valence-electron chi connectivity index (χ4n) is 7.78. The van der Waals surface area contributed by atoms with Crippen molar-refractivity contribution in [3.05, 3.63) is 168 Å². The molecule has 2 atom stereocenters. The van der Waals surface area contributed by atoms with Gasteiger partial charge < -0.3 is 4.57 Å². The Hall–Kier alpha value is -5.00. The van der Waals surface area contributed by atoms with Crippen molar-refractivity contribution in [1.82, 2.24) is 20.5 Å². The van der Waals surface area contributed by atoms with Gasteiger partial charge >= 0.3 is 0 Å². The summed E-state index contributed by atoms with van der Waals surface area (Å²) in [5.74, 6) is 0. The van der Waals surface area contributed by atoms with Gasteiger partial charge in [-0.25, -0.2) is 0 Å². The van der Waals surface area contributed by atoms with Crippen molar-refractivity contribution >= 4 is 21.8 Å². The fourth-order valence-corrected chi connectivity index (χ4v) is 7.78. The Labute approximate surface area is 269 Å². The molecule has 6 aromatic carbocycles. The maximum atomic E-state index is 3.95. The first-order valence-corrected chi connectivity index (χ1v) is 16.2. The summed E-state index contributed by atoms with van der Waals surface area (Å²) in [4.78, 5) is 0. The molecule has 1 aliphatic carbocycles. The van der Waals surface area contributed by atoms with Gasteiger partial charge in [0, 0.05) is 16.2 Å². The third kappa shape index (κ3) is 4.26. The van der Waals surface area contributed by atoms with Crippen molar-refractivity contribution in [3.63, 3.8) is 0 Å². The van der Waals surface area contributed by atoms with Gasteiger partial charge in [0.1, 0.15) is 6.29 Å². The second-order valence-corrected chi connectivity index (χ2v) is 13.1. The van der Waals surface area contributed by atoms with Crippen LogP contribution in [0.4, 0.5) is 0 Å². The second kappa shape index (κ2) is 10.5. The highest BCUT2D eigenvalue weighted by Crippen LogP contribution is 2.51. The molecule has 2 aliphatic rings. The molecule has 1 fully saturated rings. The van der Waals surface area contributed by atoms with Crippen molar-refractivity contribution in [2.24, 2.45) is 0 Å². The highest BCUT2D eigenvalue weighted by atomic mass is 15.4. The van der Waals surface area contributed by atoms with E-state index in [-0.39, 0.29) is 24.0 Å². The van der Waals surface area contributed by atoms with E-state index in [0.717, 1.165) is 0 Å². The zero-order valence-electron chi connectivity index (χ0n) is 26.0. The van der Waals surface area contributed by atoms with Crippen LogP contribution in [0.25, 0.3) is 44.1 Å². The van der Waals surface area contributed by atoms with Gasteiger partial charge in [0.15, 0.2) is 0 Å². The van der Waals surface area contributed by atoms with Gasteiger partial charge in [0.25, 0.3) is 0 Å². The highest BCUT2D eigenvalue weighted by molar-refractivity contribution is 6.11. The molecule has 4 nitrogen and oxygen atoms in total. The lowest BCUT2D eigenvalue weighted by Gasteiger charge is -2.40. The number of benzene rings is 6. The van der Waals surface area contributed by atoms with E-state index in [4.69, 9.17) is 0 Å². The highest BCUT2D eigenvalue weighted by Gasteiger charge is 2.37. The SMILES string of the molecule is CC1(C)c2ccccc2-c2cc3c(cc21)c1cc(-c2ccccc2)ccc1n3C1NC(c2ccccc2)NC(c2ccccc2)N1. The first-order valence-electron chi connectivity index (χ1n) is 16.2. The van der Waals surface area contributed by atoms with E-state index >= 15 is 0 Å². The Morgan fingerprint density at radius 1 is 0.478 bits per heavy atom. The van der Waals surface area contributed by atoms with Crippen LogP contribution in [0.3, 0.4) is 0 Å². The lowest BCUT2D eigenvalue weighted by Crippen LogP contribution is -2.56. The van der Waals surface area contributed by atoms with Crippen LogP contribution in [-0.4, -0.2) is 4.57 Å². The molecule has 46 heavy (non-hydrogen) atoms. The molecule has 1 saturated heterocycles. The number of fused-ring (bicyclic) bond motifs is 6. The van der Waals surface area contributed by atoms with E-state index < -0.39 is 0 Å². The van der Waals surface area contributed by atoms with Crippen LogP contribution in [0.1, 0.15) is 54.7 Å². The Balaban J connectivity index is 1.29. The Morgan fingerprint density at radius 2 is 1.07 bits per heavy atom. The predicted molar refractivity (Wildman–Crippen MR) is 189 cm³/mol. The van der Waals surface area contributed by atoms with Crippen LogP contribution in [0.2, 0.25) is 0 Å². The van der Waals surface area contributed by atoms with E-state index in [1.165, 1.54) is 66.3 Å². The standard InChI is InChI=1S/C42H36N4/c1-42(2)35-21-13-12-20-31(35)32-26-38-34(25-36(32)42)33-24-30(27-14-6-3-7-15-27)22-23-37(33)46(38)41-44-39(28-16-8-4-9-17-28)43-40(45-41)29-18-10-5-11-19-29/h3-26,39-41,43-45H,1-2H3. The number of hydrogen-bond donors (Lipinski definition) is 3. The van der Waals surface area contributed by atoms with Gasteiger partial charge in [-0.3, -0.25) is 16.0 Å². The number of hydrogen-bond acceptors (Lipinski definition) is 3. The van der Waals surface area contributed by atoms with Crippen LogP contribution < -0.4 is 16.0 Å². The lowest BCUT2D eigenvalue weighted by atomic mass is 9.82. The number of rotatable bonds is 4. The summed E-state index contributed by atoms with van der Waals surface area (Å²) < 4.78 is 2.49. The molecule has 0 saturated carbocycles. The van der Waals surface area contributed by atoms with Gasteiger partial charge in [-0.05, 0) is 68.8 Å². The summed E-state index contributed by atoms with van der Waals surface area (Å²) >= 11 is 0. The molecule has 0 amide bonds. The van der Waals surface area contributed by atoms with Gasteiger partial charge in [0.05, 0.1) is 23.4 Å². The molecule has 4 heteroatoms. The van der Waals surface area contributed by atoms with Gasteiger partial charge in [0.2, 0.25) is 0 Å². The molecule has 2 unspecified atom stereocenters. The van der Waals surface area contributed by atoms with Crippen molar-refractivity contribution in [2.45, 2.75) is 37.9 Å². The quantitative estimate of drug-likeness (QED) is 0.190. The third-order valence-corrected chi connectivity index (χ3v) is 10.1. The Bertz CT molecular complexity index is 2170. The molecular formula is C42H36N4. The molecule has 7 aromatic rings. The maximum absolute atomic E-state index is 3.95. The minimum Gasteiger partial charge on any atom is -0.311 e. The van der Waals surface area contributed by atoms with E-state index in [1.54, 1.807) is 0 Å². The summed E-state index contributed by atoms with van der Waals surface area (Å²) in [6.07, 6.45) is -0.285. The minimum atomic E-state index is -0.179. The van der Waals surface area contributed by atoms with Crippen LogP contribution in [0.5, 0.6) is 0 Å². The van der Waals surface area contributed by atoms with Crippen LogP contribution in [-0.2, 0) is 5.41 Å². The summed E-state index contributed by atoms with van der Waals surface area (Å²) in [6.45, 7) is 4.73. The Morgan fingerprint density at radius 3 is 1.74 bits per heavy atom. The van der Waals surface area contributed by atoms with Gasteiger partial charge in [-0.15, -0.1) is 0 Å². The molecule has 224 valence electrons. The monoisotopic (exact) mass is 596 g/mol. The number of nitrogens with zero attached hydrogens (tertiary/aromatic N) is 1. The largest absolute Gasteiger partial charge is 0.311 e. The van der Waals surface area contributed by atoms with Gasteiger partial charge in [-0.1, -0.05) is 135 Å². The molecular weight excluding hydrogens is 560 g/mol. The summed E-state index contributed by atoms with van der Waals surface area (Å²) in [6, 6.07) is 52.9. The number of nitrogens with one attached hydrogen (secondary N) is 3. The van der Waals surface area contributed by atoms with Crippen molar-refractivity contribution in [3.8, 4) is 22.3 Å². The Kier molecular flexibility index (Phi) is 6.26. The van der Waals surface area contributed by atoms with E-state index in [2.05, 4.69) is 180 Å². The summed E-state index contributed by atoms with van der Waals surface area (Å²) in [5, 5.41) is 14.3. The van der Waals surface area contributed by atoms with E-state index in [9.17, 15) is 0 Å². The first kappa shape index (κ1) is 27.3. The van der Waals surface area contributed by atoms with Crippen LogP contribution >= 0.6 is 0 Å². The van der Waals surface area contributed by atoms with Crippen LogP contribution in [0, 0.1) is 0 Å². The molecule has 1 aromatic heterocycles. The number of aromatic nitrogens is 1. The summed E-state index contributed by atoms with van der Waals surface area (Å²) in [7, 11) is 0. The smallest absolute Gasteiger partial charge is 0.142 e. The molecule has 0 bridgehead atoms. The average Bonchev–Trinajstić information content (AvgIpc) is 3.56. The molecule has 9 rings (SSSR count). The normalized spacial score (nSPS) is 20.1. The zero-order valence-corrected chi connectivity index (χ0v) is 26.0. The minimum absolute atomic E-state index is 0.0529. The molecule has 0 spiro atoms.